The zero-order chi connectivity index (χ0) is 95.5. The number of H-pyrrole nitrogens is 1. The van der Waals surface area contributed by atoms with E-state index in [-0.39, 0.29) is 47.7 Å². The van der Waals surface area contributed by atoms with Crippen LogP contribution in [0.1, 0.15) is 195 Å². The Morgan fingerprint density at radius 2 is 0.878 bits per heavy atom. The SMILES string of the molecule is CC(=O)N1CCc2c(c(N3CCCc4c3ccc(-c3cnn(C)c3)c4C#N)nn2[C@H]2CCOC2)C1.CC(=O)N1CCc2c(c(N3CCCc4cc(-c5cc(C)[nH]n5)ccc43)nn2C2CCOCC2)C1.CC(=O)N1CCc2c(c(N3CCCc4cc(-c5cnn(C)c5)c(OC(F)F)cc43)nn2C2COC2)C1.CC(=O)N1CCc2c(c(N3CCCc4cc(-c5cnn(C)c5)ccc43)nn2C2CCCCO2)C1. The Hall–Kier alpha value is -13.4. The van der Waals surface area contributed by atoms with E-state index in [1.807, 2.05) is 69.8 Å². The molecule has 4 amide bonds. The highest BCUT2D eigenvalue weighted by atomic mass is 19.3. The number of benzene rings is 4. The van der Waals surface area contributed by atoms with Crippen molar-refractivity contribution in [3.8, 4) is 56.5 Å². The number of fused-ring (bicyclic) bond motifs is 8. The number of nitriles is 1. The summed E-state index contributed by atoms with van der Waals surface area (Å²) in [5, 5.41) is 51.1. The van der Waals surface area contributed by atoms with Gasteiger partial charge >= 0.3 is 6.61 Å². The maximum Gasteiger partial charge on any atom is 0.387 e. The van der Waals surface area contributed by atoms with E-state index >= 15 is 0 Å². The van der Waals surface area contributed by atoms with Gasteiger partial charge in [0.15, 0.2) is 29.5 Å². The van der Waals surface area contributed by atoms with Gasteiger partial charge in [0.2, 0.25) is 23.6 Å². The number of anilines is 8. The van der Waals surface area contributed by atoms with Crippen LogP contribution in [-0.4, -0.2) is 227 Å². The van der Waals surface area contributed by atoms with E-state index in [0.717, 1.165) is 277 Å². The Balaban J connectivity index is 0.000000110. The second kappa shape index (κ2) is 39.1. The largest absolute Gasteiger partial charge is 0.434 e. The molecule has 4 aromatic carbocycles. The van der Waals surface area contributed by atoms with Gasteiger partial charge in [0.05, 0.1) is 99.7 Å². The summed E-state index contributed by atoms with van der Waals surface area (Å²) >= 11 is 0. The van der Waals surface area contributed by atoms with E-state index in [0.29, 0.717) is 82.8 Å². The summed E-state index contributed by atoms with van der Waals surface area (Å²) in [6.07, 6.45) is 28.3. The van der Waals surface area contributed by atoms with Crippen molar-refractivity contribution in [2.75, 3.05) is 118 Å². The lowest BCUT2D eigenvalue weighted by atomic mass is 9.91. The quantitative estimate of drug-likeness (QED) is 0.106. The van der Waals surface area contributed by atoms with Crippen molar-refractivity contribution in [3.63, 3.8) is 0 Å². The van der Waals surface area contributed by atoms with Crippen molar-refractivity contribution in [3.05, 3.63) is 182 Å². The molecule has 4 saturated heterocycles. The molecule has 0 aliphatic carbocycles. The van der Waals surface area contributed by atoms with Crippen molar-refractivity contribution in [2.45, 2.75) is 207 Å². The third kappa shape index (κ3) is 18.2. The summed E-state index contributed by atoms with van der Waals surface area (Å²) in [4.78, 5) is 65.6. The summed E-state index contributed by atoms with van der Waals surface area (Å²) in [6.45, 7) is 19.2. The highest BCUT2D eigenvalue weighted by molar-refractivity contribution is 5.84. The number of hydrogen-bond donors (Lipinski definition) is 1. The summed E-state index contributed by atoms with van der Waals surface area (Å²) in [6, 6.07) is 26.5. The lowest BCUT2D eigenvalue weighted by Gasteiger charge is -2.33. The molecule has 34 nitrogen and oxygen atoms in total. The average Bonchev–Trinajstić information content (AvgIpc) is 1.63. The maximum absolute atomic E-state index is 13.4. The summed E-state index contributed by atoms with van der Waals surface area (Å²) in [7, 11) is 5.62. The van der Waals surface area contributed by atoms with Gasteiger partial charge in [0, 0.05) is 279 Å². The van der Waals surface area contributed by atoms with E-state index in [9.17, 15) is 33.2 Å². The van der Waals surface area contributed by atoms with Crippen molar-refractivity contribution in [1.82, 2.24) is 98.3 Å². The molecule has 0 saturated carbocycles. The van der Waals surface area contributed by atoms with Crippen LogP contribution in [0.3, 0.4) is 0 Å². The zero-order valence-electron chi connectivity index (χ0n) is 80.5. The van der Waals surface area contributed by atoms with Gasteiger partial charge < -0.3 is 62.9 Å². The summed E-state index contributed by atoms with van der Waals surface area (Å²) in [5.41, 5.74) is 27.9. The van der Waals surface area contributed by atoms with Crippen LogP contribution in [0.5, 0.6) is 5.75 Å². The standard InChI is InChI=1S/C26H29N7O2.2C26H32N6O2.C25H28F2N6O3/c1-17(34)31-10-7-25-23(15-31)26(29-33(25)19-8-11-35-16-19)32-9-3-4-21-22(12-27)20(5-6-24(21)32)18-13-28-30(2)14-18;1-17-14-23(28-27-17)19-5-6-24-20(15-19)4-3-10-31(24)26-22-16-30(18(2)33)11-7-25(22)32(29-26)21-8-12-34-13-9-21;1-18(33)30-12-10-24-22(17-30)26(28-32(24)25-7-3-4-13-34-25)31-11-5-6-20-14-19(8-9-23(20)31)21-15-27-29(2)16-21;1-15(34)31-7-5-21-20(12-31)24(29-33(21)18-13-35-14-18)32-6-3-4-16-8-19(17-10-28-30(2)11-17)23(9-22(16)32)36-25(26)27/h5-6,13-14,19H,3-4,7-11,15-16H2,1-2H3;5-6,14-15,21H,3-4,7-13,16H2,1-2H3,(H,27,28);8-9,14-16,25H,3-7,10-13,17H2,1-2H3;8-11,18,25H,3-7,12-14H2,1-2H3/t19-;;;/m0.../s1. The fourth-order valence-corrected chi connectivity index (χ4v) is 22.5. The van der Waals surface area contributed by atoms with Gasteiger partial charge in [-0.3, -0.25) is 52.4 Å². The van der Waals surface area contributed by atoms with E-state index < -0.39 is 6.61 Å². The first kappa shape index (κ1) is 92.0. The maximum atomic E-state index is 13.4. The molecule has 12 aliphatic heterocycles. The predicted molar refractivity (Wildman–Crippen MR) is 518 cm³/mol. The number of nitrogens with one attached hydrogen (secondary N) is 1. The lowest BCUT2D eigenvalue weighted by Crippen LogP contribution is -2.37. The van der Waals surface area contributed by atoms with Crippen LogP contribution < -0.4 is 24.3 Å². The molecule has 8 aromatic heterocycles. The molecule has 12 aromatic rings. The molecule has 0 bridgehead atoms. The first-order valence-electron chi connectivity index (χ1n) is 49.4. The number of aromatic amines is 1. The van der Waals surface area contributed by atoms with Crippen LogP contribution in [0, 0.1) is 18.3 Å². The number of amides is 4. The Morgan fingerprint density at radius 1 is 0.432 bits per heavy atom. The number of hydrogen-bond acceptors (Lipinski definition) is 22. The number of halogens is 2. The second-order valence-electron chi connectivity index (χ2n) is 38.7. The average molecular weight is 1890 g/mol. The van der Waals surface area contributed by atoms with Gasteiger partial charge in [-0.25, -0.2) is 4.68 Å². The molecule has 1 unspecified atom stereocenters. The Bertz CT molecular complexity index is 6490. The molecule has 20 heterocycles. The molecule has 2 atom stereocenters. The smallest absolute Gasteiger partial charge is 0.387 e. The van der Waals surface area contributed by atoms with E-state index in [2.05, 4.69) is 125 Å². The monoisotopic (exact) mass is 1890 g/mol. The molecular formula is C103H121F2N25O9. The van der Waals surface area contributed by atoms with Crippen LogP contribution in [-0.2, 0) is 137 Å². The summed E-state index contributed by atoms with van der Waals surface area (Å²) < 4.78 is 68.6. The number of carbonyl (C=O) groups is 4. The van der Waals surface area contributed by atoms with Gasteiger partial charge in [-0.15, -0.1) is 0 Å². The second-order valence-corrected chi connectivity index (χ2v) is 38.7. The van der Waals surface area contributed by atoms with Gasteiger partial charge in [0.25, 0.3) is 0 Å². The van der Waals surface area contributed by atoms with Crippen molar-refractivity contribution >= 4 is 69.6 Å². The number of carbonyl (C=O) groups excluding carboxylic acids is 4. The highest BCUT2D eigenvalue weighted by Crippen LogP contribution is 2.49. The van der Waals surface area contributed by atoms with Crippen LogP contribution in [0.25, 0.3) is 44.6 Å². The molecule has 1 N–H and O–H groups in total. The molecule has 0 radical (unpaired) electrons. The zero-order valence-corrected chi connectivity index (χ0v) is 80.5. The third-order valence-electron chi connectivity index (χ3n) is 29.7. The molecule has 0 spiro atoms. The number of nitrogens with zero attached hydrogens (tertiary/aromatic N) is 24. The van der Waals surface area contributed by atoms with E-state index in [1.165, 1.54) is 56.3 Å². The molecule has 24 rings (SSSR count). The minimum atomic E-state index is -2.95. The Kier molecular flexibility index (Phi) is 25.9. The Labute approximate surface area is 806 Å². The first-order valence-corrected chi connectivity index (χ1v) is 49.4. The van der Waals surface area contributed by atoms with Crippen molar-refractivity contribution < 1.29 is 51.6 Å². The Morgan fingerprint density at radius 3 is 1.35 bits per heavy atom. The number of aryl methyl sites for hydroxylation is 7. The fourth-order valence-electron chi connectivity index (χ4n) is 22.5. The number of aromatic nitrogens is 16. The molecule has 4 fully saturated rings. The number of alkyl halides is 2. The van der Waals surface area contributed by atoms with Crippen LogP contribution in [0.2, 0.25) is 0 Å². The predicted octanol–water partition coefficient (Wildman–Crippen LogP) is 14.4. The summed E-state index contributed by atoms with van der Waals surface area (Å²) in [5.74, 6) is 4.19. The van der Waals surface area contributed by atoms with Gasteiger partial charge in [0.1, 0.15) is 11.8 Å². The van der Waals surface area contributed by atoms with Gasteiger partial charge in [-0.05, 0) is 167 Å². The highest BCUT2D eigenvalue weighted by Gasteiger charge is 2.42. The van der Waals surface area contributed by atoms with Gasteiger partial charge in [-0.2, -0.15) is 54.8 Å². The van der Waals surface area contributed by atoms with Crippen LogP contribution in [0.4, 0.5) is 54.8 Å². The topological polar surface area (TPSA) is 318 Å². The van der Waals surface area contributed by atoms with E-state index in [4.69, 9.17) is 44.1 Å². The normalized spacial score (nSPS) is 19.0. The molecule has 36 heteroatoms. The number of ether oxygens (including phenoxy) is 5. The van der Waals surface area contributed by atoms with Crippen molar-refractivity contribution in [2.24, 2.45) is 21.1 Å². The number of rotatable bonds is 14. The van der Waals surface area contributed by atoms with Crippen LogP contribution in [0.15, 0.2) is 104 Å². The van der Waals surface area contributed by atoms with Crippen LogP contribution >= 0.6 is 0 Å². The minimum absolute atomic E-state index is 0.00246. The molecule has 726 valence electrons. The minimum Gasteiger partial charge on any atom is -0.434 e. The molecule has 12 aliphatic rings. The molecular weight excluding hydrogens is 1770 g/mol. The van der Waals surface area contributed by atoms with E-state index in [1.54, 1.807) is 68.8 Å². The van der Waals surface area contributed by atoms with Crippen molar-refractivity contribution in [1.29, 1.82) is 5.26 Å². The molecule has 139 heavy (non-hydrogen) atoms. The lowest BCUT2D eigenvalue weighted by molar-refractivity contribution is -0.130. The third-order valence-corrected chi connectivity index (χ3v) is 29.7. The fraction of sp³-hybridized carbons (Fsp3) is 0.485. The van der Waals surface area contributed by atoms with Gasteiger partial charge in [-0.1, -0.05) is 18.2 Å². The first-order chi connectivity index (χ1) is 67.6.